The Bertz CT molecular complexity index is 258. The van der Waals surface area contributed by atoms with Gasteiger partial charge in [0.15, 0.2) is 0 Å². The van der Waals surface area contributed by atoms with Crippen LogP contribution in [0.25, 0.3) is 0 Å². The third-order valence-corrected chi connectivity index (χ3v) is 2.18. The molecule has 0 saturated heterocycles. The molecule has 0 spiro atoms. The summed E-state index contributed by atoms with van der Waals surface area (Å²) >= 11 is 0. The number of hydrogen-bond acceptors (Lipinski definition) is 4. The Morgan fingerprint density at radius 2 is 1.76 bits per heavy atom. The van der Waals surface area contributed by atoms with Gasteiger partial charge in [-0.15, -0.1) is 0 Å². The van der Waals surface area contributed by atoms with E-state index in [-0.39, 0.29) is 12.0 Å². The predicted octanol–water partition coefficient (Wildman–Crippen LogP) is 2.62. The van der Waals surface area contributed by atoms with Gasteiger partial charge in [0.2, 0.25) is 0 Å². The lowest BCUT2D eigenvalue weighted by Gasteiger charge is -2.06. The molecule has 4 nitrogen and oxygen atoms in total. The third-order valence-electron chi connectivity index (χ3n) is 2.18. The highest BCUT2D eigenvalue weighted by Crippen LogP contribution is 2.05. The van der Waals surface area contributed by atoms with E-state index < -0.39 is 11.9 Å². The van der Waals surface area contributed by atoms with E-state index in [1.54, 1.807) is 6.92 Å². The van der Waals surface area contributed by atoms with E-state index in [1.165, 1.54) is 0 Å². The van der Waals surface area contributed by atoms with Gasteiger partial charge in [0.05, 0.1) is 19.6 Å². The second kappa shape index (κ2) is 9.87. The van der Waals surface area contributed by atoms with Gasteiger partial charge in [0.1, 0.15) is 0 Å². The first-order chi connectivity index (χ1) is 8.11. The molecule has 0 amide bonds. The highest BCUT2D eigenvalue weighted by molar-refractivity contribution is 5.93. The zero-order valence-electron chi connectivity index (χ0n) is 10.8. The first kappa shape index (κ1) is 15.7. The van der Waals surface area contributed by atoms with Gasteiger partial charge in [-0.1, -0.05) is 32.8 Å². The summed E-state index contributed by atoms with van der Waals surface area (Å²) in [6.07, 6.45) is 4.09. The minimum atomic E-state index is -0.505. The molecule has 0 aliphatic rings. The molecular formula is C13H22O4. The molecule has 4 heteroatoms. The van der Waals surface area contributed by atoms with Gasteiger partial charge < -0.3 is 9.47 Å². The number of ether oxygens (including phenoxy) is 2. The predicted molar refractivity (Wildman–Crippen MR) is 65.5 cm³/mol. The molecule has 0 unspecified atom stereocenters. The van der Waals surface area contributed by atoms with Crippen LogP contribution in [0.4, 0.5) is 0 Å². The Labute approximate surface area is 103 Å². The van der Waals surface area contributed by atoms with Crippen LogP contribution in [0.3, 0.4) is 0 Å². The summed E-state index contributed by atoms with van der Waals surface area (Å²) in [5.74, 6) is -0.949. The molecule has 0 N–H and O–H groups in total. The Morgan fingerprint density at radius 3 is 2.35 bits per heavy atom. The maximum absolute atomic E-state index is 11.4. The van der Waals surface area contributed by atoms with Crippen LogP contribution in [0.5, 0.6) is 0 Å². The lowest BCUT2D eigenvalue weighted by atomic mass is 10.2. The van der Waals surface area contributed by atoms with E-state index >= 15 is 0 Å². The van der Waals surface area contributed by atoms with Crippen LogP contribution in [0.2, 0.25) is 0 Å². The summed E-state index contributed by atoms with van der Waals surface area (Å²) in [5, 5.41) is 0. The summed E-state index contributed by atoms with van der Waals surface area (Å²) in [5.41, 5.74) is 0.152. The molecule has 0 radical (unpaired) electrons. The molecule has 0 atom stereocenters. The zero-order valence-corrected chi connectivity index (χ0v) is 10.8. The van der Waals surface area contributed by atoms with Crippen molar-refractivity contribution in [1.82, 2.24) is 0 Å². The number of unbranched alkanes of at least 4 members (excludes halogenated alkanes) is 3. The number of rotatable bonds is 9. The van der Waals surface area contributed by atoms with Crippen LogP contribution in [-0.4, -0.2) is 25.2 Å². The highest BCUT2D eigenvalue weighted by atomic mass is 16.5. The molecule has 0 rings (SSSR count). The van der Waals surface area contributed by atoms with Crippen LogP contribution in [-0.2, 0) is 19.1 Å². The van der Waals surface area contributed by atoms with Crippen molar-refractivity contribution in [1.29, 1.82) is 0 Å². The average Bonchev–Trinajstić information content (AvgIpc) is 2.28. The number of carbonyl (C=O) groups is 2. The second-order valence-electron chi connectivity index (χ2n) is 3.78. The molecule has 0 aromatic heterocycles. The Hall–Kier alpha value is -1.32. The third kappa shape index (κ3) is 8.48. The molecule has 0 aliphatic carbocycles. The molecule has 0 bridgehead atoms. The van der Waals surface area contributed by atoms with Crippen molar-refractivity contribution in [3.63, 3.8) is 0 Å². The first-order valence-corrected chi connectivity index (χ1v) is 6.12. The van der Waals surface area contributed by atoms with Crippen LogP contribution in [0.15, 0.2) is 12.2 Å². The van der Waals surface area contributed by atoms with Crippen molar-refractivity contribution < 1.29 is 19.1 Å². The van der Waals surface area contributed by atoms with Crippen molar-refractivity contribution in [2.24, 2.45) is 0 Å². The maximum Gasteiger partial charge on any atom is 0.333 e. The lowest BCUT2D eigenvalue weighted by molar-refractivity contribution is -0.146. The van der Waals surface area contributed by atoms with Crippen LogP contribution >= 0.6 is 0 Å². The number of carbonyl (C=O) groups excluding carboxylic acids is 2. The number of hydrogen-bond donors (Lipinski definition) is 0. The zero-order chi connectivity index (χ0) is 13.1. The second-order valence-corrected chi connectivity index (χ2v) is 3.78. The van der Waals surface area contributed by atoms with Crippen molar-refractivity contribution in [2.45, 2.75) is 46.0 Å². The average molecular weight is 242 g/mol. The molecular weight excluding hydrogens is 220 g/mol. The van der Waals surface area contributed by atoms with Crippen molar-refractivity contribution >= 4 is 11.9 Å². The van der Waals surface area contributed by atoms with Gasteiger partial charge in [-0.25, -0.2) is 4.79 Å². The van der Waals surface area contributed by atoms with Crippen molar-refractivity contribution in [2.75, 3.05) is 13.2 Å². The molecule has 0 aliphatic heterocycles. The molecule has 0 heterocycles. The maximum atomic E-state index is 11.4. The van der Waals surface area contributed by atoms with Crippen LogP contribution < -0.4 is 0 Å². The van der Waals surface area contributed by atoms with E-state index in [2.05, 4.69) is 13.5 Å². The quantitative estimate of drug-likeness (QED) is 0.354. The van der Waals surface area contributed by atoms with Gasteiger partial charge in [-0.05, 0) is 13.3 Å². The lowest BCUT2D eigenvalue weighted by Crippen LogP contribution is -2.13. The Kier molecular flexibility index (Phi) is 9.11. The Balaban J connectivity index is 3.67. The van der Waals surface area contributed by atoms with Crippen molar-refractivity contribution in [3.05, 3.63) is 12.2 Å². The Morgan fingerprint density at radius 1 is 1.06 bits per heavy atom. The van der Waals surface area contributed by atoms with Gasteiger partial charge in [-0.2, -0.15) is 0 Å². The SMILES string of the molecule is C=C(CC(=O)OCC)C(=O)OCCCCCC. The minimum absolute atomic E-state index is 0.0956. The normalized spacial score (nSPS) is 9.76. The molecule has 98 valence electrons. The van der Waals surface area contributed by atoms with Gasteiger partial charge >= 0.3 is 11.9 Å². The van der Waals surface area contributed by atoms with Gasteiger partial charge in [0.25, 0.3) is 0 Å². The summed E-state index contributed by atoms with van der Waals surface area (Å²) < 4.78 is 9.70. The molecule has 0 saturated carbocycles. The number of esters is 2. The minimum Gasteiger partial charge on any atom is -0.466 e. The fraction of sp³-hybridized carbons (Fsp3) is 0.692. The summed E-state index contributed by atoms with van der Waals surface area (Å²) in [4.78, 5) is 22.5. The smallest absolute Gasteiger partial charge is 0.333 e. The fourth-order valence-corrected chi connectivity index (χ4v) is 1.25. The summed E-state index contributed by atoms with van der Waals surface area (Å²) in [6, 6.07) is 0. The first-order valence-electron chi connectivity index (χ1n) is 6.12. The van der Waals surface area contributed by atoms with Gasteiger partial charge in [0, 0.05) is 5.57 Å². The van der Waals surface area contributed by atoms with E-state index in [0.717, 1.165) is 25.7 Å². The van der Waals surface area contributed by atoms with Gasteiger partial charge in [-0.3, -0.25) is 4.79 Å². The molecule has 0 aromatic rings. The summed E-state index contributed by atoms with van der Waals surface area (Å²) in [6.45, 7) is 8.04. The van der Waals surface area contributed by atoms with E-state index in [0.29, 0.717) is 13.2 Å². The van der Waals surface area contributed by atoms with E-state index in [4.69, 9.17) is 9.47 Å². The molecule has 0 fully saturated rings. The van der Waals surface area contributed by atoms with E-state index in [9.17, 15) is 9.59 Å². The van der Waals surface area contributed by atoms with E-state index in [1.807, 2.05) is 0 Å². The standard InChI is InChI=1S/C13H22O4/c1-4-6-7-8-9-17-13(15)11(3)10-12(14)16-5-2/h3-10H2,1-2H3. The topological polar surface area (TPSA) is 52.6 Å². The monoisotopic (exact) mass is 242 g/mol. The molecule has 0 aromatic carbocycles. The summed E-state index contributed by atoms with van der Waals surface area (Å²) in [7, 11) is 0. The van der Waals surface area contributed by atoms with Crippen molar-refractivity contribution in [3.8, 4) is 0 Å². The largest absolute Gasteiger partial charge is 0.466 e. The molecule has 17 heavy (non-hydrogen) atoms. The van der Waals surface area contributed by atoms with Crippen LogP contribution in [0, 0.1) is 0 Å². The fourth-order valence-electron chi connectivity index (χ4n) is 1.25. The van der Waals surface area contributed by atoms with Crippen LogP contribution in [0.1, 0.15) is 46.0 Å². The highest BCUT2D eigenvalue weighted by Gasteiger charge is 2.13.